The van der Waals surface area contributed by atoms with Crippen molar-refractivity contribution in [2.24, 2.45) is 12.8 Å². The smallest absolute Gasteiger partial charge is 0.419 e. The van der Waals surface area contributed by atoms with Gasteiger partial charge in [-0.2, -0.15) is 5.26 Å². The van der Waals surface area contributed by atoms with Gasteiger partial charge in [-0.15, -0.1) is 0 Å². The summed E-state index contributed by atoms with van der Waals surface area (Å²) in [5, 5.41) is 22.1. The summed E-state index contributed by atoms with van der Waals surface area (Å²) < 4.78 is 6.64. The van der Waals surface area contributed by atoms with E-state index < -0.39 is 17.8 Å². The standard InChI is InChI=1S/C27H26N4O4/c1-31-23-14-19(10-11-25(23)35-27(31)34)18-8-6-17(7-9-18)12-22(16-28)30-26(33)15-21(29)13-20-4-2-3-5-24(20)32/h2-11,14,21-22,32H,12-13,15,29H2,1H3,(H,30,33)/t21?,22-/m0/s1. The lowest BCUT2D eigenvalue weighted by Crippen LogP contribution is -2.39. The quantitative estimate of drug-likeness (QED) is 0.362. The molecule has 4 rings (SSSR count). The lowest BCUT2D eigenvalue weighted by Gasteiger charge is -2.15. The Kier molecular flexibility index (Phi) is 6.99. The van der Waals surface area contributed by atoms with E-state index in [2.05, 4.69) is 11.4 Å². The fourth-order valence-corrected chi connectivity index (χ4v) is 4.03. The predicted octanol–water partition coefficient (Wildman–Crippen LogP) is 3.02. The summed E-state index contributed by atoms with van der Waals surface area (Å²) in [7, 11) is 1.66. The zero-order valence-electron chi connectivity index (χ0n) is 19.3. The van der Waals surface area contributed by atoms with Crippen LogP contribution in [-0.2, 0) is 24.7 Å². The lowest BCUT2D eigenvalue weighted by atomic mass is 10.00. The number of amides is 1. The molecule has 1 unspecified atom stereocenters. The zero-order valence-corrected chi connectivity index (χ0v) is 19.3. The third-order valence-electron chi connectivity index (χ3n) is 5.93. The molecule has 178 valence electrons. The molecule has 0 aliphatic heterocycles. The summed E-state index contributed by atoms with van der Waals surface area (Å²) in [6, 6.07) is 21.1. The molecule has 4 N–H and O–H groups in total. The number of aromatic hydroxyl groups is 1. The Labute approximate surface area is 202 Å². The zero-order chi connectivity index (χ0) is 24.9. The van der Waals surface area contributed by atoms with Gasteiger partial charge in [-0.05, 0) is 46.9 Å². The van der Waals surface area contributed by atoms with Crippen LogP contribution in [0, 0.1) is 11.3 Å². The van der Waals surface area contributed by atoms with E-state index in [1.807, 2.05) is 36.4 Å². The molecule has 1 aromatic heterocycles. The highest BCUT2D eigenvalue weighted by atomic mass is 16.4. The van der Waals surface area contributed by atoms with Crippen LogP contribution in [-0.4, -0.2) is 27.7 Å². The van der Waals surface area contributed by atoms with Crippen LogP contribution in [0.3, 0.4) is 0 Å². The Bertz CT molecular complexity index is 1450. The summed E-state index contributed by atoms with van der Waals surface area (Å²) in [5.74, 6) is -0.568. The molecule has 0 radical (unpaired) electrons. The SMILES string of the molecule is Cn1c(=O)oc2ccc(-c3ccc(C[C@@H](C#N)NC(=O)CC(N)Cc4ccccc4O)cc3)cc21. The number of carbonyl (C=O) groups is 1. The summed E-state index contributed by atoms with van der Waals surface area (Å²) in [6.07, 6.45) is 0.758. The monoisotopic (exact) mass is 470 g/mol. The Hall–Kier alpha value is -4.35. The van der Waals surface area contributed by atoms with Gasteiger partial charge in [0, 0.05) is 25.9 Å². The first kappa shape index (κ1) is 23.8. The molecule has 35 heavy (non-hydrogen) atoms. The molecule has 0 spiro atoms. The van der Waals surface area contributed by atoms with Crippen LogP contribution in [0.25, 0.3) is 22.2 Å². The molecule has 0 saturated heterocycles. The van der Waals surface area contributed by atoms with Crippen molar-refractivity contribution in [3.8, 4) is 22.9 Å². The van der Waals surface area contributed by atoms with Gasteiger partial charge in [-0.25, -0.2) is 4.79 Å². The van der Waals surface area contributed by atoms with Gasteiger partial charge in [0.25, 0.3) is 0 Å². The highest BCUT2D eigenvalue weighted by Gasteiger charge is 2.17. The number of nitriles is 1. The molecule has 2 atom stereocenters. The normalized spacial score (nSPS) is 12.7. The van der Waals surface area contributed by atoms with Gasteiger partial charge < -0.3 is 20.6 Å². The fourth-order valence-electron chi connectivity index (χ4n) is 4.03. The minimum Gasteiger partial charge on any atom is -0.508 e. The van der Waals surface area contributed by atoms with Gasteiger partial charge in [0.05, 0.1) is 11.6 Å². The number of nitrogens with one attached hydrogen (secondary N) is 1. The highest BCUT2D eigenvalue weighted by Crippen LogP contribution is 2.24. The first-order valence-corrected chi connectivity index (χ1v) is 11.2. The number of fused-ring (bicyclic) bond motifs is 1. The molecule has 8 nitrogen and oxygen atoms in total. The van der Waals surface area contributed by atoms with E-state index in [0.717, 1.165) is 16.7 Å². The van der Waals surface area contributed by atoms with Crippen molar-refractivity contribution in [1.29, 1.82) is 5.26 Å². The Balaban J connectivity index is 1.36. The minimum atomic E-state index is -0.692. The van der Waals surface area contributed by atoms with Crippen molar-refractivity contribution in [1.82, 2.24) is 9.88 Å². The maximum atomic E-state index is 12.4. The molecule has 0 saturated carbocycles. The number of hydrogen-bond donors (Lipinski definition) is 3. The van der Waals surface area contributed by atoms with Crippen LogP contribution in [0.4, 0.5) is 0 Å². The molecule has 8 heteroatoms. The second kappa shape index (κ2) is 10.3. The lowest BCUT2D eigenvalue weighted by molar-refractivity contribution is -0.121. The van der Waals surface area contributed by atoms with E-state index in [4.69, 9.17) is 10.2 Å². The van der Waals surface area contributed by atoms with Crippen LogP contribution in [0.15, 0.2) is 75.9 Å². The Morgan fingerprint density at radius 1 is 1.11 bits per heavy atom. The number of oxazole rings is 1. The maximum absolute atomic E-state index is 12.4. The third-order valence-corrected chi connectivity index (χ3v) is 5.93. The van der Waals surface area contributed by atoms with Gasteiger partial charge in [-0.3, -0.25) is 9.36 Å². The third kappa shape index (κ3) is 5.60. The summed E-state index contributed by atoms with van der Waals surface area (Å²) >= 11 is 0. The fraction of sp³-hybridized carbons (Fsp3) is 0.222. The second-order valence-electron chi connectivity index (χ2n) is 8.56. The average Bonchev–Trinajstić information content (AvgIpc) is 3.13. The first-order chi connectivity index (χ1) is 16.8. The molecule has 1 heterocycles. The van der Waals surface area contributed by atoms with Gasteiger partial charge >= 0.3 is 5.76 Å². The average molecular weight is 471 g/mol. The Morgan fingerprint density at radius 3 is 2.54 bits per heavy atom. The van der Waals surface area contributed by atoms with Crippen molar-refractivity contribution in [2.75, 3.05) is 0 Å². The predicted molar refractivity (Wildman–Crippen MR) is 133 cm³/mol. The minimum absolute atomic E-state index is 0.0461. The van der Waals surface area contributed by atoms with E-state index in [0.29, 0.717) is 29.5 Å². The molecule has 0 aliphatic rings. The first-order valence-electron chi connectivity index (χ1n) is 11.2. The van der Waals surface area contributed by atoms with Crippen molar-refractivity contribution in [3.05, 3.63) is 88.4 Å². The number of nitrogens with zero attached hydrogens (tertiary/aromatic N) is 2. The number of benzene rings is 3. The number of aromatic nitrogens is 1. The van der Waals surface area contributed by atoms with Gasteiger partial charge in [0.2, 0.25) is 5.91 Å². The molecule has 0 aliphatic carbocycles. The van der Waals surface area contributed by atoms with E-state index >= 15 is 0 Å². The summed E-state index contributed by atoms with van der Waals surface area (Å²) in [5.41, 5.74) is 10.8. The topological polar surface area (TPSA) is 134 Å². The molecule has 0 bridgehead atoms. The largest absolute Gasteiger partial charge is 0.508 e. The van der Waals surface area contributed by atoms with Gasteiger partial charge in [0.1, 0.15) is 11.8 Å². The van der Waals surface area contributed by atoms with Gasteiger partial charge in [0.15, 0.2) is 5.58 Å². The van der Waals surface area contributed by atoms with E-state index in [1.54, 1.807) is 37.4 Å². The van der Waals surface area contributed by atoms with Crippen molar-refractivity contribution >= 4 is 17.0 Å². The molecule has 4 aromatic rings. The summed E-state index contributed by atoms with van der Waals surface area (Å²) in [6.45, 7) is 0. The number of nitrogens with two attached hydrogens (primary N) is 1. The molecule has 3 aromatic carbocycles. The number of para-hydroxylation sites is 1. The van der Waals surface area contributed by atoms with Crippen LogP contribution in [0.1, 0.15) is 17.5 Å². The van der Waals surface area contributed by atoms with Crippen LogP contribution >= 0.6 is 0 Å². The molecule has 1 amide bonds. The number of rotatable bonds is 8. The van der Waals surface area contributed by atoms with Crippen LogP contribution in [0.5, 0.6) is 5.75 Å². The second-order valence-corrected chi connectivity index (χ2v) is 8.56. The number of phenols is 1. The molecular formula is C27H26N4O4. The molecular weight excluding hydrogens is 444 g/mol. The maximum Gasteiger partial charge on any atom is 0.419 e. The van der Waals surface area contributed by atoms with Crippen molar-refractivity contribution < 1.29 is 14.3 Å². The number of phenolic OH excluding ortho intramolecular Hbond substituents is 1. The Morgan fingerprint density at radius 2 is 1.83 bits per heavy atom. The number of hydrogen-bond acceptors (Lipinski definition) is 6. The molecule has 0 fully saturated rings. The van der Waals surface area contributed by atoms with Gasteiger partial charge in [-0.1, -0.05) is 48.5 Å². The number of carbonyl (C=O) groups excluding carboxylic acids is 1. The van der Waals surface area contributed by atoms with Crippen molar-refractivity contribution in [2.45, 2.75) is 31.3 Å². The van der Waals surface area contributed by atoms with E-state index in [1.165, 1.54) is 4.57 Å². The number of aryl methyl sites for hydroxylation is 1. The van der Waals surface area contributed by atoms with E-state index in [-0.39, 0.29) is 18.1 Å². The van der Waals surface area contributed by atoms with Crippen LogP contribution < -0.4 is 16.8 Å². The highest BCUT2D eigenvalue weighted by molar-refractivity contribution is 5.80. The van der Waals surface area contributed by atoms with Crippen molar-refractivity contribution in [3.63, 3.8) is 0 Å². The van der Waals surface area contributed by atoms with Crippen LogP contribution in [0.2, 0.25) is 0 Å². The van der Waals surface area contributed by atoms with E-state index in [9.17, 15) is 20.0 Å². The summed E-state index contributed by atoms with van der Waals surface area (Å²) in [4.78, 5) is 24.1.